The average Bonchev–Trinajstić information content (AvgIpc) is 3.64. The highest BCUT2D eigenvalue weighted by Crippen LogP contribution is 2.55. The van der Waals surface area contributed by atoms with Gasteiger partial charge in [0.15, 0.2) is 0 Å². The van der Waals surface area contributed by atoms with Crippen molar-refractivity contribution in [3.63, 3.8) is 0 Å². The minimum atomic E-state index is -1.17. The van der Waals surface area contributed by atoms with E-state index in [2.05, 4.69) is 41.5 Å². The number of amides is 3. The summed E-state index contributed by atoms with van der Waals surface area (Å²) in [5, 5.41) is 6.39. The van der Waals surface area contributed by atoms with Crippen LogP contribution in [-0.2, 0) is 25.7 Å². The molecule has 8 heteroatoms. The quantitative estimate of drug-likeness (QED) is 0.416. The molecule has 3 aliphatic heterocycles. The van der Waals surface area contributed by atoms with Gasteiger partial charge in [-0.25, -0.2) is 0 Å². The Morgan fingerprint density at radius 2 is 1.82 bits per heavy atom. The third-order valence-electron chi connectivity index (χ3n) is 10.8. The zero-order valence-electron chi connectivity index (χ0n) is 26.6. The Morgan fingerprint density at radius 3 is 2.57 bits per heavy atom. The van der Waals surface area contributed by atoms with Crippen LogP contribution in [0.3, 0.4) is 0 Å². The molecule has 8 atom stereocenters. The number of nitrogens with one attached hydrogen (secondary N) is 2. The molecule has 2 N–H and O–H groups in total. The lowest BCUT2D eigenvalue weighted by Gasteiger charge is -2.38. The van der Waals surface area contributed by atoms with Gasteiger partial charge in [0, 0.05) is 31.4 Å². The molecule has 4 aliphatic rings. The van der Waals surface area contributed by atoms with Crippen molar-refractivity contribution >= 4 is 23.4 Å². The van der Waals surface area contributed by atoms with E-state index >= 15 is 0 Å². The fraction of sp³-hybridized carbons (Fsp3) is 0.528. The summed E-state index contributed by atoms with van der Waals surface area (Å²) in [6.45, 7) is 10.2. The summed E-state index contributed by atoms with van der Waals surface area (Å²) in [5.74, 6) is -1.23. The maximum Gasteiger partial charge on any atom is 0.246 e. The maximum atomic E-state index is 14.4. The summed E-state index contributed by atoms with van der Waals surface area (Å²) < 4.78 is 6.56. The number of anilines is 1. The summed E-state index contributed by atoms with van der Waals surface area (Å²) >= 11 is 0. The second kappa shape index (κ2) is 12.1. The third kappa shape index (κ3) is 5.47. The van der Waals surface area contributed by atoms with Crippen LogP contribution in [0.4, 0.5) is 5.69 Å². The Hall–Kier alpha value is -3.49. The second-order valence-electron chi connectivity index (χ2n) is 13.6. The number of carbonyl (C=O) groups excluding carboxylic acids is 3. The van der Waals surface area contributed by atoms with Gasteiger partial charge in [0.1, 0.15) is 11.6 Å². The van der Waals surface area contributed by atoms with Crippen molar-refractivity contribution in [1.82, 2.24) is 15.1 Å². The van der Waals surface area contributed by atoms with E-state index in [9.17, 15) is 14.4 Å². The van der Waals surface area contributed by atoms with Crippen LogP contribution < -0.4 is 10.6 Å². The summed E-state index contributed by atoms with van der Waals surface area (Å²) in [6, 6.07) is 15.2. The van der Waals surface area contributed by atoms with Gasteiger partial charge < -0.3 is 25.2 Å². The van der Waals surface area contributed by atoms with Crippen molar-refractivity contribution in [2.75, 3.05) is 25.5 Å². The zero-order chi connectivity index (χ0) is 31.2. The zero-order valence-corrected chi connectivity index (χ0v) is 26.6. The smallest absolute Gasteiger partial charge is 0.246 e. The number of hydrogen-bond acceptors (Lipinski definition) is 5. The van der Waals surface area contributed by atoms with E-state index in [1.807, 2.05) is 69.4 Å². The van der Waals surface area contributed by atoms with Crippen molar-refractivity contribution in [3.8, 4) is 0 Å². The molecule has 1 aliphatic carbocycles. The highest BCUT2D eigenvalue weighted by molar-refractivity contribution is 6.02. The van der Waals surface area contributed by atoms with Crippen molar-refractivity contribution in [2.45, 2.75) is 77.3 Å². The predicted molar refractivity (Wildman–Crippen MR) is 171 cm³/mol. The fourth-order valence-corrected chi connectivity index (χ4v) is 7.85. The van der Waals surface area contributed by atoms with Crippen molar-refractivity contribution < 1.29 is 19.1 Å². The maximum absolute atomic E-state index is 14.4. The third-order valence-corrected chi connectivity index (χ3v) is 10.8. The van der Waals surface area contributed by atoms with E-state index < -0.39 is 29.6 Å². The summed E-state index contributed by atoms with van der Waals surface area (Å²) in [6.07, 6.45) is 6.37. The van der Waals surface area contributed by atoms with Crippen LogP contribution >= 0.6 is 0 Å². The number of rotatable bonds is 9. The Kier molecular flexibility index (Phi) is 8.42. The number of nitrogens with zero attached hydrogens (tertiary/aromatic N) is 2. The minimum absolute atomic E-state index is 0.0471. The molecular weight excluding hydrogens is 552 g/mol. The number of aryl methyl sites for hydroxylation is 2. The molecule has 2 aromatic carbocycles. The first-order valence-electron chi connectivity index (χ1n) is 16.2. The number of likely N-dealkylation sites (N-methyl/N-ethyl adjacent to an activating group) is 1. The van der Waals surface area contributed by atoms with Crippen LogP contribution in [0.1, 0.15) is 49.8 Å². The fourth-order valence-electron chi connectivity index (χ4n) is 7.85. The van der Waals surface area contributed by atoms with Crippen LogP contribution in [-0.4, -0.2) is 71.4 Å². The van der Waals surface area contributed by atoms with Crippen LogP contribution in [0.15, 0.2) is 60.7 Å². The molecule has 2 aromatic rings. The molecule has 0 unspecified atom stereocenters. The van der Waals surface area contributed by atoms with Gasteiger partial charge in [-0.1, -0.05) is 75.2 Å². The lowest BCUT2D eigenvalue weighted by Crippen LogP contribution is -2.58. The van der Waals surface area contributed by atoms with E-state index in [1.54, 1.807) is 4.90 Å². The molecule has 44 heavy (non-hydrogen) atoms. The van der Waals surface area contributed by atoms with Gasteiger partial charge in [0.2, 0.25) is 17.7 Å². The minimum Gasteiger partial charge on any atom is -0.359 e. The molecule has 0 aromatic heterocycles. The molecule has 0 radical (unpaired) electrons. The largest absolute Gasteiger partial charge is 0.359 e. The molecule has 3 heterocycles. The first-order valence-corrected chi connectivity index (χ1v) is 16.2. The van der Waals surface area contributed by atoms with Gasteiger partial charge in [-0.3, -0.25) is 14.4 Å². The second-order valence-corrected chi connectivity index (χ2v) is 13.6. The first-order chi connectivity index (χ1) is 21.1. The SMILES string of the molecule is Cc1ccc(NC(=O)[C@@H]2[C@@H]3C=C[C@]4(O3)[C@@H]2C(=O)N(CCN(C)Cc2ccccc2)[C@H]4C(=O)N[C@@H]2CCC[C@@H](C)[C@@H]2C)cc1C. The number of likely N-dealkylation sites (tertiary alicyclic amines) is 1. The Morgan fingerprint density at radius 1 is 1.05 bits per heavy atom. The Labute approximate surface area is 261 Å². The standard InChI is InChI=1S/C36H46N4O4/c1-22-14-15-27(20-24(22)3)37-33(41)30-29-16-17-36(44-29)31(30)35(43)40(19-18-39(5)21-26-11-7-6-8-12-26)32(36)34(42)38-28-13-9-10-23(2)25(28)4/h6-8,11-12,14-17,20,23,25,28-32H,9-10,13,18-19,21H2,1-5H3,(H,37,41)(H,38,42)/t23-,25+,28-,29+,30-,31+,32+,36+/m1/s1. The molecule has 2 saturated heterocycles. The van der Waals surface area contributed by atoms with E-state index in [4.69, 9.17) is 4.74 Å². The summed E-state index contributed by atoms with van der Waals surface area (Å²) in [5.41, 5.74) is 2.93. The van der Waals surface area contributed by atoms with Gasteiger partial charge >= 0.3 is 0 Å². The van der Waals surface area contributed by atoms with E-state index in [0.717, 1.165) is 36.9 Å². The van der Waals surface area contributed by atoms with E-state index in [0.29, 0.717) is 30.6 Å². The van der Waals surface area contributed by atoms with E-state index in [1.165, 1.54) is 5.56 Å². The van der Waals surface area contributed by atoms with Crippen molar-refractivity contribution in [3.05, 3.63) is 77.4 Å². The first kappa shape index (κ1) is 30.5. The normalized spacial score (nSPS) is 32.3. The monoisotopic (exact) mass is 598 g/mol. The van der Waals surface area contributed by atoms with Gasteiger partial charge in [-0.05, 0) is 68.0 Å². The number of carbonyl (C=O) groups is 3. The van der Waals surface area contributed by atoms with Crippen molar-refractivity contribution in [2.24, 2.45) is 23.7 Å². The van der Waals surface area contributed by atoms with Gasteiger partial charge in [0.05, 0.1) is 17.9 Å². The Bertz CT molecular complexity index is 1440. The lowest BCUT2D eigenvalue weighted by molar-refractivity contribution is -0.141. The van der Waals surface area contributed by atoms with Gasteiger partial charge in [0.25, 0.3) is 0 Å². The number of hydrogen-bond donors (Lipinski definition) is 2. The molecule has 234 valence electrons. The van der Waals surface area contributed by atoms with Crippen LogP contribution in [0.25, 0.3) is 0 Å². The molecule has 6 rings (SSSR count). The predicted octanol–water partition coefficient (Wildman–Crippen LogP) is 4.47. The van der Waals surface area contributed by atoms with Gasteiger partial charge in [-0.2, -0.15) is 0 Å². The summed E-state index contributed by atoms with van der Waals surface area (Å²) in [4.78, 5) is 46.3. The molecule has 3 fully saturated rings. The molecular formula is C36H46N4O4. The van der Waals surface area contributed by atoms with E-state index in [-0.39, 0.29) is 23.8 Å². The van der Waals surface area contributed by atoms with Crippen LogP contribution in [0, 0.1) is 37.5 Å². The Balaban J connectivity index is 1.26. The number of benzene rings is 2. The van der Waals surface area contributed by atoms with Crippen molar-refractivity contribution in [1.29, 1.82) is 0 Å². The average molecular weight is 599 g/mol. The van der Waals surface area contributed by atoms with Gasteiger partial charge in [-0.15, -0.1) is 0 Å². The molecule has 1 spiro atoms. The molecule has 2 bridgehead atoms. The lowest BCUT2D eigenvalue weighted by atomic mass is 9.73. The highest BCUT2D eigenvalue weighted by Gasteiger charge is 2.72. The molecule has 3 amide bonds. The number of fused-ring (bicyclic) bond motifs is 1. The highest BCUT2D eigenvalue weighted by atomic mass is 16.5. The molecule has 8 nitrogen and oxygen atoms in total. The molecule has 1 saturated carbocycles. The van der Waals surface area contributed by atoms with Crippen LogP contribution in [0.2, 0.25) is 0 Å². The topological polar surface area (TPSA) is 91.0 Å². The summed E-state index contributed by atoms with van der Waals surface area (Å²) in [7, 11) is 2.02. The number of ether oxygens (including phenoxy) is 1. The van der Waals surface area contributed by atoms with Crippen LogP contribution in [0.5, 0.6) is 0 Å².